The van der Waals surface area contributed by atoms with Gasteiger partial charge in [0.25, 0.3) is 0 Å². The summed E-state index contributed by atoms with van der Waals surface area (Å²) in [4.78, 5) is 24.3. The fourth-order valence-electron chi connectivity index (χ4n) is 3.99. The summed E-state index contributed by atoms with van der Waals surface area (Å²) in [5.74, 6) is 1.56. The monoisotopic (exact) mass is 419 g/mol. The molecular weight excluding hydrogens is 390 g/mol. The number of amides is 3. The molecule has 30 heavy (non-hydrogen) atoms. The maximum Gasteiger partial charge on any atom is 0.319 e. The zero-order chi connectivity index (χ0) is 20.9. The Bertz CT molecular complexity index is 769. The van der Waals surface area contributed by atoms with Crippen LogP contribution < -0.4 is 25.4 Å². The molecule has 1 saturated carbocycles. The van der Waals surface area contributed by atoms with Gasteiger partial charge in [0.05, 0.1) is 18.8 Å². The summed E-state index contributed by atoms with van der Waals surface area (Å²) in [6.45, 7) is 0.564. The van der Waals surface area contributed by atoms with Gasteiger partial charge in [-0.05, 0) is 44.2 Å². The molecule has 0 radical (unpaired) electrons. The van der Waals surface area contributed by atoms with E-state index in [0.717, 1.165) is 25.7 Å². The third kappa shape index (κ3) is 4.96. The van der Waals surface area contributed by atoms with Crippen molar-refractivity contribution >= 4 is 17.6 Å². The van der Waals surface area contributed by atoms with Crippen molar-refractivity contribution < 1.29 is 28.9 Å². The van der Waals surface area contributed by atoms with Crippen molar-refractivity contribution in [1.82, 2.24) is 10.6 Å². The normalized spacial score (nSPS) is 25.3. The highest BCUT2D eigenvalue weighted by molar-refractivity contribution is 5.90. The molecule has 0 spiro atoms. The van der Waals surface area contributed by atoms with Crippen LogP contribution >= 0.6 is 0 Å². The highest BCUT2D eigenvalue weighted by atomic mass is 16.7. The number of carbonyl (C=O) groups excluding carboxylic acids is 2. The minimum absolute atomic E-state index is 0.0428. The number of aliphatic hydroxyl groups excluding tert-OH is 1. The molecule has 1 aromatic rings. The van der Waals surface area contributed by atoms with Crippen molar-refractivity contribution in [2.45, 2.75) is 56.8 Å². The van der Waals surface area contributed by atoms with E-state index in [9.17, 15) is 14.7 Å². The van der Waals surface area contributed by atoms with Crippen LogP contribution in [-0.2, 0) is 9.53 Å². The van der Waals surface area contributed by atoms with Gasteiger partial charge in [0.2, 0.25) is 12.7 Å². The first-order valence-electron chi connectivity index (χ1n) is 10.6. The van der Waals surface area contributed by atoms with Crippen LogP contribution in [0.4, 0.5) is 10.5 Å². The third-order valence-corrected chi connectivity index (χ3v) is 5.98. The van der Waals surface area contributed by atoms with Gasteiger partial charge in [0, 0.05) is 24.2 Å². The van der Waals surface area contributed by atoms with E-state index in [0.29, 0.717) is 36.6 Å². The minimum Gasteiger partial charge on any atom is -0.454 e. The van der Waals surface area contributed by atoms with Crippen LogP contribution in [0.25, 0.3) is 0 Å². The Kier molecular flexibility index (Phi) is 6.59. The first-order valence-corrected chi connectivity index (χ1v) is 10.6. The SMILES string of the molecule is O=C(Nc1ccc2c(c1)OCO2)N[C@@H]1CC[C@H](CCNC(=O)C2CCC2)O[C@H]1CO. The zero-order valence-corrected chi connectivity index (χ0v) is 16.9. The van der Waals surface area contributed by atoms with Gasteiger partial charge in [0.15, 0.2) is 11.5 Å². The average molecular weight is 419 g/mol. The molecule has 0 aromatic heterocycles. The van der Waals surface area contributed by atoms with E-state index in [1.807, 2.05) is 0 Å². The van der Waals surface area contributed by atoms with Gasteiger partial charge < -0.3 is 35.3 Å². The Labute approximate surface area is 175 Å². The molecule has 0 unspecified atom stereocenters. The van der Waals surface area contributed by atoms with E-state index in [2.05, 4.69) is 16.0 Å². The fourth-order valence-corrected chi connectivity index (χ4v) is 3.99. The van der Waals surface area contributed by atoms with E-state index in [1.54, 1.807) is 18.2 Å². The quantitative estimate of drug-likeness (QED) is 0.535. The second kappa shape index (κ2) is 9.53. The maximum atomic E-state index is 12.4. The fraction of sp³-hybridized carbons (Fsp3) is 0.619. The van der Waals surface area contributed by atoms with E-state index in [-0.39, 0.29) is 43.4 Å². The van der Waals surface area contributed by atoms with Crippen molar-refractivity contribution in [3.8, 4) is 11.5 Å². The van der Waals surface area contributed by atoms with Crippen LogP contribution in [0.5, 0.6) is 11.5 Å². The molecular formula is C21H29N3O6. The summed E-state index contributed by atoms with van der Waals surface area (Å²) in [7, 11) is 0. The van der Waals surface area contributed by atoms with Crippen LogP contribution in [0.2, 0.25) is 0 Å². The molecule has 9 heteroatoms. The van der Waals surface area contributed by atoms with Gasteiger partial charge in [-0.25, -0.2) is 4.79 Å². The number of hydrogen-bond donors (Lipinski definition) is 4. The van der Waals surface area contributed by atoms with Gasteiger partial charge >= 0.3 is 6.03 Å². The number of benzene rings is 1. The smallest absolute Gasteiger partial charge is 0.319 e. The van der Waals surface area contributed by atoms with Crippen molar-refractivity contribution in [1.29, 1.82) is 0 Å². The van der Waals surface area contributed by atoms with E-state index < -0.39 is 6.10 Å². The minimum atomic E-state index is -0.478. The van der Waals surface area contributed by atoms with Gasteiger partial charge in [0.1, 0.15) is 6.10 Å². The van der Waals surface area contributed by atoms with Gasteiger partial charge in [-0.3, -0.25) is 4.79 Å². The van der Waals surface area contributed by atoms with Crippen molar-refractivity contribution in [3.63, 3.8) is 0 Å². The number of nitrogens with one attached hydrogen (secondary N) is 3. The third-order valence-electron chi connectivity index (χ3n) is 5.98. The zero-order valence-electron chi connectivity index (χ0n) is 16.9. The molecule has 2 aliphatic heterocycles. The molecule has 3 atom stereocenters. The molecule has 2 heterocycles. The Morgan fingerprint density at radius 2 is 1.93 bits per heavy atom. The summed E-state index contributed by atoms with van der Waals surface area (Å²) in [6.07, 6.45) is 4.74. The van der Waals surface area contributed by atoms with Crippen LogP contribution in [0, 0.1) is 5.92 Å². The first-order chi connectivity index (χ1) is 14.6. The van der Waals surface area contributed by atoms with Crippen molar-refractivity contribution in [2.24, 2.45) is 5.92 Å². The maximum absolute atomic E-state index is 12.4. The molecule has 1 saturated heterocycles. The second-order valence-corrected chi connectivity index (χ2v) is 8.04. The van der Waals surface area contributed by atoms with Crippen molar-refractivity contribution in [3.05, 3.63) is 18.2 Å². The molecule has 164 valence electrons. The van der Waals surface area contributed by atoms with Gasteiger partial charge in [-0.15, -0.1) is 0 Å². The van der Waals surface area contributed by atoms with E-state index in [1.165, 1.54) is 0 Å². The number of ether oxygens (including phenoxy) is 3. The summed E-state index contributed by atoms with van der Waals surface area (Å²) in [5.41, 5.74) is 0.592. The number of rotatable bonds is 7. The molecule has 1 aromatic carbocycles. The number of fused-ring (bicyclic) bond motifs is 1. The Hall–Kier alpha value is -2.52. The molecule has 4 N–H and O–H groups in total. The Morgan fingerprint density at radius 1 is 1.10 bits per heavy atom. The largest absolute Gasteiger partial charge is 0.454 e. The van der Waals surface area contributed by atoms with Crippen LogP contribution in [-0.4, -0.2) is 55.2 Å². The number of carbonyl (C=O) groups is 2. The standard InChI is InChI=1S/C21H29N3O6/c25-11-19-16(6-5-15(30-19)8-9-22-20(26)13-2-1-3-13)24-21(27)23-14-4-7-17-18(10-14)29-12-28-17/h4,7,10,13,15-16,19,25H,1-3,5-6,8-9,11-12H2,(H,22,26)(H2,23,24,27)/t15-,16-,19+/m1/s1. The van der Waals surface area contributed by atoms with Gasteiger partial charge in [-0.2, -0.15) is 0 Å². The predicted molar refractivity (Wildman–Crippen MR) is 108 cm³/mol. The summed E-state index contributed by atoms with van der Waals surface area (Å²) >= 11 is 0. The van der Waals surface area contributed by atoms with Crippen molar-refractivity contribution in [2.75, 3.05) is 25.3 Å². The lowest BCUT2D eigenvalue weighted by atomic mass is 9.85. The molecule has 1 aliphatic carbocycles. The number of hydrogen-bond acceptors (Lipinski definition) is 6. The van der Waals surface area contributed by atoms with E-state index >= 15 is 0 Å². The number of aliphatic hydroxyl groups is 1. The first kappa shape index (κ1) is 20.7. The topological polar surface area (TPSA) is 118 Å². The van der Waals surface area contributed by atoms with Gasteiger partial charge in [-0.1, -0.05) is 6.42 Å². The molecule has 3 amide bonds. The lowest BCUT2D eigenvalue weighted by molar-refractivity contribution is -0.127. The average Bonchev–Trinajstić information content (AvgIpc) is 3.15. The number of anilines is 1. The highest BCUT2D eigenvalue weighted by Crippen LogP contribution is 2.34. The molecule has 9 nitrogen and oxygen atoms in total. The molecule has 3 aliphatic rings. The summed E-state index contributed by atoms with van der Waals surface area (Å²) in [5, 5.41) is 18.3. The number of urea groups is 1. The molecule has 0 bridgehead atoms. The highest BCUT2D eigenvalue weighted by Gasteiger charge is 2.32. The molecule has 4 rings (SSSR count). The summed E-state index contributed by atoms with van der Waals surface area (Å²) in [6, 6.07) is 4.53. The molecule has 2 fully saturated rings. The second-order valence-electron chi connectivity index (χ2n) is 8.04. The lowest BCUT2D eigenvalue weighted by Gasteiger charge is -2.36. The van der Waals surface area contributed by atoms with E-state index in [4.69, 9.17) is 14.2 Å². The van der Waals surface area contributed by atoms with Crippen LogP contribution in [0.3, 0.4) is 0 Å². The Balaban J connectivity index is 1.21. The predicted octanol–water partition coefficient (Wildman–Crippen LogP) is 1.75. The summed E-state index contributed by atoms with van der Waals surface area (Å²) < 4.78 is 16.5. The van der Waals surface area contributed by atoms with Crippen LogP contribution in [0.15, 0.2) is 18.2 Å². The van der Waals surface area contributed by atoms with Crippen LogP contribution in [0.1, 0.15) is 38.5 Å². The lowest BCUT2D eigenvalue weighted by Crippen LogP contribution is -2.52. The Morgan fingerprint density at radius 3 is 2.70 bits per heavy atom.